The first-order valence-corrected chi connectivity index (χ1v) is 6.87. The molecule has 0 spiro atoms. The maximum atomic E-state index is 12.2. The molecular formula is C14H20N2O2S. The number of thiophene rings is 1. The van der Waals surface area contributed by atoms with E-state index in [1.165, 1.54) is 11.3 Å². The Balaban J connectivity index is 2.77. The van der Waals surface area contributed by atoms with Gasteiger partial charge in [-0.1, -0.05) is 11.8 Å². The molecule has 0 aliphatic rings. The number of nitrogens with zero attached hydrogens (tertiary/aromatic N) is 2. The minimum atomic E-state index is -0.163. The number of likely N-dealkylation sites (N-methyl/N-ethyl adjacent to an activating group) is 2. The van der Waals surface area contributed by atoms with Gasteiger partial charge in [0.15, 0.2) is 0 Å². The average Bonchev–Trinajstić information content (AvgIpc) is 2.73. The van der Waals surface area contributed by atoms with E-state index >= 15 is 0 Å². The van der Waals surface area contributed by atoms with Crippen LogP contribution >= 0.6 is 11.3 Å². The van der Waals surface area contributed by atoms with E-state index in [0.717, 1.165) is 17.0 Å². The summed E-state index contributed by atoms with van der Waals surface area (Å²) >= 11 is 1.38. The van der Waals surface area contributed by atoms with E-state index in [2.05, 4.69) is 11.8 Å². The van der Waals surface area contributed by atoms with Gasteiger partial charge in [0, 0.05) is 20.1 Å². The number of aliphatic hydroxyl groups is 1. The van der Waals surface area contributed by atoms with Crippen molar-refractivity contribution in [3.63, 3.8) is 0 Å². The maximum Gasteiger partial charge on any atom is 0.263 e. The van der Waals surface area contributed by atoms with Crippen LogP contribution in [0.2, 0.25) is 0 Å². The molecule has 0 radical (unpaired) electrons. The lowest BCUT2D eigenvalue weighted by Crippen LogP contribution is -2.33. The van der Waals surface area contributed by atoms with Gasteiger partial charge in [-0.2, -0.15) is 0 Å². The molecule has 0 saturated heterocycles. The van der Waals surface area contributed by atoms with E-state index in [4.69, 9.17) is 5.11 Å². The second-order valence-corrected chi connectivity index (χ2v) is 5.66. The Labute approximate surface area is 118 Å². The molecule has 0 fully saturated rings. The van der Waals surface area contributed by atoms with E-state index in [9.17, 15) is 4.79 Å². The summed E-state index contributed by atoms with van der Waals surface area (Å²) in [5.74, 6) is 5.50. The molecule has 0 unspecified atom stereocenters. The highest BCUT2D eigenvalue weighted by Gasteiger charge is 2.15. The Bertz CT molecular complexity index is 497. The van der Waals surface area contributed by atoms with Crippen molar-refractivity contribution in [3.8, 4) is 11.8 Å². The first kappa shape index (κ1) is 15.7. The van der Waals surface area contributed by atoms with Gasteiger partial charge in [0.05, 0.1) is 9.75 Å². The number of hydrogen-bond acceptors (Lipinski definition) is 4. The van der Waals surface area contributed by atoms with Crippen molar-refractivity contribution in [1.82, 2.24) is 9.80 Å². The predicted molar refractivity (Wildman–Crippen MR) is 78.5 cm³/mol. The van der Waals surface area contributed by atoms with Crippen molar-refractivity contribution in [2.45, 2.75) is 6.92 Å². The molecule has 104 valence electrons. The summed E-state index contributed by atoms with van der Waals surface area (Å²) in [6.45, 7) is 3.29. The van der Waals surface area contributed by atoms with Crippen LogP contribution in [0.4, 0.5) is 0 Å². The standard InChI is InChI=1S/C14H20N2O2S/c1-11-10-13(19-12(11)6-5-9-17)14(18)16(4)8-7-15(2)3/h10,17H,7-9H2,1-4H3. The molecule has 0 atom stereocenters. The van der Waals surface area contributed by atoms with Gasteiger partial charge < -0.3 is 14.9 Å². The highest BCUT2D eigenvalue weighted by atomic mass is 32.1. The average molecular weight is 280 g/mol. The van der Waals surface area contributed by atoms with Crippen LogP contribution < -0.4 is 0 Å². The van der Waals surface area contributed by atoms with Gasteiger partial charge in [-0.15, -0.1) is 11.3 Å². The molecule has 1 N–H and O–H groups in total. The highest BCUT2D eigenvalue weighted by molar-refractivity contribution is 7.14. The Hall–Kier alpha value is -1.35. The Morgan fingerprint density at radius 1 is 1.37 bits per heavy atom. The summed E-state index contributed by atoms with van der Waals surface area (Å²) in [5.41, 5.74) is 0.982. The third-order valence-corrected chi connectivity index (χ3v) is 3.78. The number of carbonyl (C=O) groups excluding carboxylic acids is 1. The number of rotatable bonds is 4. The van der Waals surface area contributed by atoms with Crippen LogP contribution in [0.15, 0.2) is 6.07 Å². The zero-order valence-corrected chi connectivity index (χ0v) is 12.7. The topological polar surface area (TPSA) is 43.8 Å². The van der Waals surface area contributed by atoms with E-state index < -0.39 is 0 Å². The Morgan fingerprint density at radius 3 is 2.63 bits per heavy atom. The van der Waals surface area contributed by atoms with Crippen LogP contribution in [0.1, 0.15) is 20.1 Å². The fourth-order valence-corrected chi connectivity index (χ4v) is 2.51. The zero-order valence-electron chi connectivity index (χ0n) is 11.9. The van der Waals surface area contributed by atoms with Crippen molar-refractivity contribution in [2.75, 3.05) is 40.8 Å². The molecule has 0 saturated carbocycles. The van der Waals surface area contributed by atoms with Crippen LogP contribution in [0.25, 0.3) is 0 Å². The fourth-order valence-electron chi connectivity index (χ4n) is 1.47. The van der Waals surface area contributed by atoms with E-state index in [0.29, 0.717) is 11.4 Å². The molecule has 4 nitrogen and oxygen atoms in total. The third kappa shape index (κ3) is 4.67. The molecule has 1 aromatic rings. The predicted octanol–water partition coefficient (Wildman–Crippen LogP) is 1.03. The van der Waals surface area contributed by atoms with Crippen molar-refractivity contribution >= 4 is 17.2 Å². The summed E-state index contributed by atoms with van der Waals surface area (Å²) < 4.78 is 0. The van der Waals surface area contributed by atoms with Crippen LogP contribution in [0, 0.1) is 18.8 Å². The molecule has 0 aliphatic heterocycles. The molecular weight excluding hydrogens is 260 g/mol. The maximum absolute atomic E-state index is 12.2. The van der Waals surface area contributed by atoms with Crippen molar-refractivity contribution in [1.29, 1.82) is 0 Å². The zero-order chi connectivity index (χ0) is 14.4. The van der Waals surface area contributed by atoms with Crippen molar-refractivity contribution < 1.29 is 9.90 Å². The summed E-state index contributed by atoms with van der Waals surface area (Å²) in [7, 11) is 5.77. The minimum Gasteiger partial charge on any atom is -0.384 e. The SMILES string of the molecule is Cc1cc(C(=O)N(C)CCN(C)C)sc1C#CCO. The van der Waals surface area contributed by atoms with Crippen molar-refractivity contribution in [3.05, 3.63) is 21.4 Å². The minimum absolute atomic E-state index is 0.0204. The molecule has 1 amide bonds. The van der Waals surface area contributed by atoms with Crippen LogP contribution in [-0.2, 0) is 0 Å². The van der Waals surface area contributed by atoms with Gasteiger partial charge in [0.1, 0.15) is 6.61 Å². The quantitative estimate of drug-likeness (QED) is 0.838. The van der Waals surface area contributed by atoms with Crippen LogP contribution in [0.3, 0.4) is 0 Å². The number of amides is 1. The van der Waals surface area contributed by atoms with Crippen molar-refractivity contribution in [2.24, 2.45) is 0 Å². The number of hydrogen-bond donors (Lipinski definition) is 1. The number of carbonyl (C=O) groups is 1. The first-order valence-electron chi connectivity index (χ1n) is 6.06. The first-order chi connectivity index (χ1) is 8.95. The molecule has 1 aromatic heterocycles. The smallest absolute Gasteiger partial charge is 0.263 e. The van der Waals surface area contributed by atoms with Gasteiger partial charge in [0.2, 0.25) is 0 Å². The monoisotopic (exact) mass is 280 g/mol. The van der Waals surface area contributed by atoms with Gasteiger partial charge in [0.25, 0.3) is 5.91 Å². The van der Waals surface area contributed by atoms with Gasteiger partial charge in [-0.3, -0.25) is 4.79 Å². The Morgan fingerprint density at radius 2 is 2.05 bits per heavy atom. The third-order valence-electron chi connectivity index (χ3n) is 2.64. The molecule has 0 bridgehead atoms. The lowest BCUT2D eigenvalue weighted by atomic mass is 10.2. The van der Waals surface area contributed by atoms with Gasteiger partial charge in [-0.25, -0.2) is 0 Å². The molecule has 19 heavy (non-hydrogen) atoms. The fraction of sp³-hybridized carbons (Fsp3) is 0.500. The van der Waals surface area contributed by atoms with Gasteiger partial charge in [-0.05, 0) is 32.6 Å². The van der Waals surface area contributed by atoms with E-state index in [-0.39, 0.29) is 12.5 Å². The van der Waals surface area contributed by atoms with Crippen LogP contribution in [-0.4, -0.2) is 61.7 Å². The molecule has 5 heteroatoms. The number of aryl methyl sites for hydroxylation is 1. The summed E-state index contributed by atoms with van der Waals surface area (Å²) in [6.07, 6.45) is 0. The lowest BCUT2D eigenvalue weighted by molar-refractivity contribution is 0.0791. The van der Waals surface area contributed by atoms with Gasteiger partial charge >= 0.3 is 0 Å². The second-order valence-electron chi connectivity index (χ2n) is 4.61. The van der Waals surface area contributed by atoms with E-state index in [1.807, 2.05) is 32.0 Å². The molecule has 0 aliphatic carbocycles. The van der Waals surface area contributed by atoms with Crippen LogP contribution in [0.5, 0.6) is 0 Å². The Kier molecular flexibility index (Phi) is 6.03. The summed E-state index contributed by atoms with van der Waals surface area (Å²) in [4.78, 5) is 17.5. The normalized spacial score (nSPS) is 10.2. The molecule has 1 rings (SSSR count). The second kappa shape index (κ2) is 7.29. The lowest BCUT2D eigenvalue weighted by Gasteiger charge is -2.18. The number of aliphatic hydroxyl groups excluding tert-OH is 1. The summed E-state index contributed by atoms with van der Waals surface area (Å²) in [5, 5.41) is 8.70. The molecule has 1 heterocycles. The highest BCUT2D eigenvalue weighted by Crippen LogP contribution is 2.22. The summed E-state index contributed by atoms with van der Waals surface area (Å²) in [6, 6.07) is 1.86. The van der Waals surface area contributed by atoms with E-state index in [1.54, 1.807) is 11.9 Å². The molecule has 0 aromatic carbocycles. The largest absolute Gasteiger partial charge is 0.384 e.